The summed E-state index contributed by atoms with van der Waals surface area (Å²) in [5.74, 6) is 0.533. The van der Waals surface area contributed by atoms with Crippen molar-refractivity contribution in [1.82, 2.24) is 24.2 Å². The van der Waals surface area contributed by atoms with Crippen molar-refractivity contribution in [2.75, 3.05) is 19.6 Å². The zero-order chi connectivity index (χ0) is 23.1. The van der Waals surface area contributed by atoms with Crippen molar-refractivity contribution < 1.29 is 19.1 Å². The first-order valence-electron chi connectivity index (χ1n) is 9.92. The number of aromatic nitrogens is 3. The molecule has 0 aromatic carbocycles. The number of nitrogens with zero attached hydrogens (tertiary/aromatic N) is 5. The van der Waals surface area contributed by atoms with Crippen LogP contribution < -0.4 is 0 Å². The molecule has 1 saturated heterocycles. The molecular weight excluding hydrogens is 490 g/mol. The summed E-state index contributed by atoms with van der Waals surface area (Å²) in [7, 11) is 0. The van der Waals surface area contributed by atoms with Crippen molar-refractivity contribution in [2.24, 2.45) is 0 Å². The molecule has 2 amide bonds. The smallest absolute Gasteiger partial charge is 0.411 e. The number of carbonyl (C=O) groups excluding carboxylic acids is 2. The summed E-state index contributed by atoms with van der Waals surface area (Å²) in [4.78, 5) is 37.6. The molecule has 0 N–H and O–H groups in total. The van der Waals surface area contributed by atoms with Crippen molar-refractivity contribution >= 4 is 45.2 Å². The molecule has 0 bridgehead atoms. The first kappa shape index (κ1) is 23.6. The Kier molecular flexibility index (Phi) is 6.44. The predicted molar refractivity (Wildman–Crippen MR) is 119 cm³/mol. The minimum Gasteiger partial charge on any atom is -0.444 e. The Bertz CT molecular complexity index is 998. The fourth-order valence-corrected chi connectivity index (χ4v) is 4.17. The van der Waals surface area contributed by atoms with Crippen LogP contribution in [0.1, 0.15) is 53.4 Å². The molecule has 9 nitrogen and oxygen atoms in total. The maximum absolute atomic E-state index is 13.0. The standard InChI is InChI=1S/C20H27BrClN5O4/c1-19(2,3)30-17(28)25-9-10-26(18(29)31-20(4,5)6)12(11-25)16-24-14(21)13-15(22)23-7-8-27(13)16/h7-8,12H,9-11H2,1-6H3. The lowest BCUT2D eigenvalue weighted by Crippen LogP contribution is -2.54. The van der Waals surface area contributed by atoms with Gasteiger partial charge in [0.05, 0.1) is 6.54 Å². The second-order valence-electron chi connectivity index (χ2n) is 9.31. The van der Waals surface area contributed by atoms with Crippen LogP contribution in [0.25, 0.3) is 5.52 Å². The van der Waals surface area contributed by atoms with Gasteiger partial charge in [0.25, 0.3) is 0 Å². The van der Waals surface area contributed by atoms with Gasteiger partial charge in [-0.3, -0.25) is 9.30 Å². The number of piperazine rings is 1. The Morgan fingerprint density at radius 3 is 2.32 bits per heavy atom. The van der Waals surface area contributed by atoms with Gasteiger partial charge in [-0.1, -0.05) is 11.6 Å². The third-order valence-electron chi connectivity index (χ3n) is 4.45. The van der Waals surface area contributed by atoms with E-state index in [1.54, 1.807) is 26.6 Å². The summed E-state index contributed by atoms with van der Waals surface area (Å²) in [5, 5.41) is 0.275. The van der Waals surface area contributed by atoms with Crippen molar-refractivity contribution in [3.63, 3.8) is 0 Å². The van der Waals surface area contributed by atoms with E-state index in [1.165, 1.54) is 0 Å². The Morgan fingerprint density at radius 1 is 1.10 bits per heavy atom. The second kappa shape index (κ2) is 8.46. The van der Waals surface area contributed by atoms with Crippen LogP contribution in [0, 0.1) is 0 Å². The topological polar surface area (TPSA) is 89.3 Å². The van der Waals surface area contributed by atoms with Gasteiger partial charge in [0.15, 0.2) is 5.15 Å². The van der Waals surface area contributed by atoms with Crippen molar-refractivity contribution in [3.05, 3.63) is 28.0 Å². The van der Waals surface area contributed by atoms with Crippen LogP contribution in [-0.2, 0) is 9.47 Å². The van der Waals surface area contributed by atoms with Crippen LogP contribution >= 0.6 is 27.5 Å². The van der Waals surface area contributed by atoms with Crippen molar-refractivity contribution in [3.8, 4) is 0 Å². The molecule has 2 aromatic rings. The largest absolute Gasteiger partial charge is 0.444 e. The maximum atomic E-state index is 13.0. The molecular formula is C20H27BrClN5O4. The van der Waals surface area contributed by atoms with Crippen molar-refractivity contribution in [1.29, 1.82) is 0 Å². The lowest BCUT2D eigenvalue weighted by atomic mass is 10.1. The molecule has 11 heteroatoms. The number of ether oxygens (including phenoxy) is 2. The summed E-state index contributed by atoms with van der Waals surface area (Å²) in [6.45, 7) is 11.6. The summed E-state index contributed by atoms with van der Waals surface area (Å²) >= 11 is 9.69. The summed E-state index contributed by atoms with van der Waals surface area (Å²) < 4.78 is 13.4. The molecule has 1 atom stereocenters. The molecule has 1 aliphatic rings. The minimum atomic E-state index is -0.660. The van der Waals surface area contributed by atoms with Gasteiger partial charge in [0, 0.05) is 25.5 Å². The quantitative estimate of drug-likeness (QED) is 0.547. The number of hydrogen-bond acceptors (Lipinski definition) is 6. The fraction of sp³-hybridized carbons (Fsp3) is 0.600. The average Bonchev–Trinajstić information content (AvgIpc) is 2.96. The molecule has 1 unspecified atom stereocenters. The van der Waals surface area contributed by atoms with Crippen LogP contribution in [0.4, 0.5) is 9.59 Å². The SMILES string of the molecule is CC(C)(C)OC(=O)N1CCN(C(=O)OC(C)(C)C)C(c2nc(Br)c3c(Cl)nccn23)C1. The maximum Gasteiger partial charge on any atom is 0.411 e. The highest BCUT2D eigenvalue weighted by Gasteiger charge is 2.39. The lowest BCUT2D eigenvalue weighted by molar-refractivity contribution is -0.0164. The minimum absolute atomic E-state index is 0.194. The predicted octanol–water partition coefficient (Wildman–Crippen LogP) is 4.67. The fourth-order valence-electron chi connectivity index (χ4n) is 3.25. The molecule has 170 valence electrons. The third kappa shape index (κ3) is 5.41. The number of rotatable bonds is 1. The van der Waals surface area contributed by atoms with Gasteiger partial charge < -0.3 is 14.4 Å². The zero-order valence-corrected chi connectivity index (χ0v) is 20.8. The number of imidazole rings is 1. The number of halogens is 2. The van der Waals surface area contributed by atoms with E-state index in [0.717, 1.165) is 0 Å². The lowest BCUT2D eigenvalue weighted by Gasteiger charge is -2.41. The molecule has 1 aliphatic heterocycles. The first-order chi connectivity index (χ1) is 14.3. The van der Waals surface area contributed by atoms with E-state index in [4.69, 9.17) is 21.1 Å². The van der Waals surface area contributed by atoms with Crippen LogP contribution in [-0.4, -0.2) is 67.2 Å². The van der Waals surface area contributed by atoms with Gasteiger partial charge in [-0.15, -0.1) is 0 Å². The number of fused-ring (bicyclic) bond motifs is 1. The van der Waals surface area contributed by atoms with Gasteiger partial charge in [-0.05, 0) is 57.5 Å². The molecule has 3 heterocycles. The van der Waals surface area contributed by atoms with E-state index >= 15 is 0 Å². The zero-order valence-electron chi connectivity index (χ0n) is 18.5. The van der Waals surface area contributed by atoms with Gasteiger partial charge >= 0.3 is 12.2 Å². The van der Waals surface area contributed by atoms with E-state index in [9.17, 15) is 9.59 Å². The Labute approximate surface area is 194 Å². The molecule has 2 aromatic heterocycles. The van der Waals surface area contributed by atoms with E-state index < -0.39 is 29.4 Å². The number of hydrogen-bond donors (Lipinski definition) is 0. The van der Waals surface area contributed by atoms with Crippen LogP contribution in [0.3, 0.4) is 0 Å². The van der Waals surface area contributed by atoms with Gasteiger partial charge in [0.1, 0.15) is 33.2 Å². The van der Waals surface area contributed by atoms with Crippen LogP contribution in [0.5, 0.6) is 0 Å². The van der Waals surface area contributed by atoms with Crippen molar-refractivity contribution in [2.45, 2.75) is 58.8 Å². The second-order valence-corrected chi connectivity index (χ2v) is 10.4. The van der Waals surface area contributed by atoms with E-state index in [1.807, 2.05) is 41.5 Å². The van der Waals surface area contributed by atoms with E-state index in [-0.39, 0.29) is 18.2 Å². The normalized spacial score (nSPS) is 17.7. The molecule has 0 radical (unpaired) electrons. The molecule has 1 fully saturated rings. The Hall–Kier alpha value is -2.07. The molecule has 0 aliphatic carbocycles. The van der Waals surface area contributed by atoms with Gasteiger partial charge in [-0.25, -0.2) is 19.6 Å². The van der Waals surface area contributed by atoms with E-state index in [0.29, 0.717) is 22.5 Å². The molecule has 31 heavy (non-hydrogen) atoms. The molecule has 0 spiro atoms. The molecule has 0 saturated carbocycles. The first-order valence-corrected chi connectivity index (χ1v) is 11.1. The molecule has 3 rings (SSSR count). The van der Waals surface area contributed by atoms with E-state index in [2.05, 4.69) is 25.9 Å². The number of carbonyl (C=O) groups is 2. The third-order valence-corrected chi connectivity index (χ3v) is 5.28. The number of amides is 2. The van der Waals surface area contributed by atoms with Crippen LogP contribution in [0.15, 0.2) is 17.0 Å². The Morgan fingerprint density at radius 2 is 1.71 bits per heavy atom. The van der Waals surface area contributed by atoms with Crippen LogP contribution in [0.2, 0.25) is 5.15 Å². The highest BCUT2D eigenvalue weighted by molar-refractivity contribution is 9.10. The Balaban J connectivity index is 2.00. The monoisotopic (exact) mass is 515 g/mol. The van der Waals surface area contributed by atoms with Gasteiger partial charge in [0.2, 0.25) is 0 Å². The average molecular weight is 517 g/mol. The highest BCUT2D eigenvalue weighted by Crippen LogP contribution is 2.32. The summed E-state index contributed by atoms with van der Waals surface area (Å²) in [5.41, 5.74) is -0.707. The highest BCUT2D eigenvalue weighted by atomic mass is 79.9. The van der Waals surface area contributed by atoms with Gasteiger partial charge in [-0.2, -0.15) is 0 Å². The summed E-state index contributed by atoms with van der Waals surface area (Å²) in [6.07, 6.45) is 2.35. The summed E-state index contributed by atoms with van der Waals surface area (Å²) in [6, 6.07) is -0.576.